The number of methoxy groups -OCH3 is 1. The number of nitrogens with one attached hydrogen (secondary N) is 2. The van der Waals surface area contributed by atoms with Gasteiger partial charge in [-0.2, -0.15) is 0 Å². The van der Waals surface area contributed by atoms with Crippen molar-refractivity contribution in [2.45, 2.75) is 33.1 Å². The first-order valence-corrected chi connectivity index (χ1v) is 10.8. The van der Waals surface area contributed by atoms with Crippen molar-refractivity contribution >= 4 is 29.2 Å². The zero-order valence-electron chi connectivity index (χ0n) is 19.2. The summed E-state index contributed by atoms with van der Waals surface area (Å²) in [7, 11) is 1.30. The van der Waals surface area contributed by atoms with Crippen molar-refractivity contribution < 1.29 is 28.6 Å². The van der Waals surface area contributed by atoms with Gasteiger partial charge in [-0.3, -0.25) is 9.59 Å². The molecule has 0 aliphatic carbocycles. The van der Waals surface area contributed by atoms with Crippen molar-refractivity contribution in [3.05, 3.63) is 47.5 Å². The average Bonchev–Trinajstić information content (AvgIpc) is 2.80. The first kappa shape index (κ1) is 25.7. The van der Waals surface area contributed by atoms with E-state index in [2.05, 4.69) is 10.6 Å². The van der Waals surface area contributed by atoms with Crippen LogP contribution in [0.1, 0.15) is 53.8 Å². The van der Waals surface area contributed by atoms with Crippen LogP contribution in [-0.4, -0.2) is 44.7 Å². The number of benzene rings is 2. The van der Waals surface area contributed by atoms with Crippen LogP contribution in [0, 0.1) is 0 Å². The summed E-state index contributed by atoms with van der Waals surface area (Å²) in [5.74, 6) is -0.420. The molecule has 9 heteroatoms. The number of esters is 1. The topological polar surface area (TPSA) is 129 Å². The van der Waals surface area contributed by atoms with Crippen molar-refractivity contribution in [1.29, 1.82) is 0 Å². The third-order valence-corrected chi connectivity index (χ3v) is 4.57. The van der Waals surface area contributed by atoms with Gasteiger partial charge in [-0.05, 0) is 55.8 Å². The molecular weight excluding hydrogens is 426 g/mol. The molecule has 2 amide bonds. The lowest BCUT2D eigenvalue weighted by molar-refractivity contribution is -0.114. The maximum Gasteiger partial charge on any atom is 0.337 e. The molecule has 0 aliphatic heterocycles. The minimum atomic E-state index is -0.499. The molecule has 33 heavy (non-hydrogen) atoms. The molecule has 0 heterocycles. The molecule has 2 rings (SSSR count). The minimum Gasteiger partial charge on any atom is -0.491 e. The first-order valence-electron chi connectivity index (χ1n) is 10.8. The summed E-state index contributed by atoms with van der Waals surface area (Å²) in [5, 5.41) is 5.50. The Morgan fingerprint density at radius 2 is 1.45 bits per heavy atom. The molecule has 0 saturated heterocycles. The Balaban J connectivity index is 2.28. The lowest BCUT2D eigenvalue weighted by atomic mass is 10.1. The fraction of sp³-hybridized carbons (Fsp3) is 0.375. The molecule has 9 nitrogen and oxygen atoms in total. The van der Waals surface area contributed by atoms with Crippen LogP contribution < -0.4 is 25.8 Å². The highest BCUT2D eigenvalue weighted by Crippen LogP contribution is 2.30. The van der Waals surface area contributed by atoms with Crippen molar-refractivity contribution in [3.8, 4) is 11.5 Å². The second-order valence-electron chi connectivity index (χ2n) is 7.24. The number of anilines is 2. The monoisotopic (exact) mass is 457 g/mol. The summed E-state index contributed by atoms with van der Waals surface area (Å²) < 4.78 is 16.3. The fourth-order valence-electron chi connectivity index (χ4n) is 2.85. The number of hydrogen-bond acceptors (Lipinski definition) is 7. The second-order valence-corrected chi connectivity index (χ2v) is 7.24. The van der Waals surface area contributed by atoms with E-state index in [0.29, 0.717) is 60.2 Å². The Bertz CT molecular complexity index is 977. The van der Waals surface area contributed by atoms with Crippen LogP contribution in [0.15, 0.2) is 36.4 Å². The highest BCUT2D eigenvalue weighted by molar-refractivity contribution is 6.06. The van der Waals surface area contributed by atoms with Gasteiger partial charge in [0.15, 0.2) is 0 Å². The van der Waals surface area contributed by atoms with Crippen LogP contribution in [0.2, 0.25) is 0 Å². The predicted octanol–water partition coefficient (Wildman–Crippen LogP) is 3.59. The number of rotatable bonds is 12. The lowest BCUT2D eigenvalue weighted by Crippen LogP contribution is -2.15. The summed E-state index contributed by atoms with van der Waals surface area (Å²) in [6, 6.07) is 9.42. The summed E-state index contributed by atoms with van der Waals surface area (Å²) in [6.45, 7) is 4.67. The molecule has 178 valence electrons. The third kappa shape index (κ3) is 7.80. The molecule has 2 aromatic carbocycles. The Hall–Kier alpha value is -3.59. The number of amides is 2. The van der Waals surface area contributed by atoms with Gasteiger partial charge in [0.25, 0.3) is 5.91 Å². The molecular formula is C24H31N3O6. The summed E-state index contributed by atoms with van der Waals surface area (Å²) in [4.78, 5) is 36.3. The van der Waals surface area contributed by atoms with Crippen LogP contribution in [0.4, 0.5) is 11.4 Å². The molecule has 0 spiro atoms. The van der Waals surface area contributed by atoms with Gasteiger partial charge in [-0.25, -0.2) is 4.79 Å². The highest BCUT2D eigenvalue weighted by Gasteiger charge is 2.16. The van der Waals surface area contributed by atoms with Crippen LogP contribution >= 0.6 is 0 Å². The van der Waals surface area contributed by atoms with E-state index in [4.69, 9.17) is 19.9 Å². The quantitative estimate of drug-likeness (QED) is 0.328. The van der Waals surface area contributed by atoms with E-state index in [1.165, 1.54) is 14.0 Å². The standard InChI is InChI=1S/C24H31N3O6/c1-4-5-12-32-22-15-18(24(30)31-3)8-10-20(22)27-23(29)17-7-9-19(26-16(2)28)21(14-17)33-13-6-11-25/h7-10,14-15H,4-6,11-13,25H2,1-3H3,(H,26,28)(H,27,29). The molecule has 0 radical (unpaired) electrons. The molecule has 0 aliphatic rings. The number of carbonyl (C=O) groups excluding carboxylic acids is 3. The lowest BCUT2D eigenvalue weighted by Gasteiger charge is -2.15. The molecule has 0 saturated carbocycles. The van der Waals surface area contributed by atoms with Crippen LogP contribution in [0.5, 0.6) is 11.5 Å². The van der Waals surface area contributed by atoms with Gasteiger partial charge in [0.2, 0.25) is 5.91 Å². The van der Waals surface area contributed by atoms with E-state index in [-0.39, 0.29) is 5.91 Å². The van der Waals surface area contributed by atoms with Gasteiger partial charge in [0.05, 0.1) is 37.3 Å². The molecule has 2 aromatic rings. The van der Waals surface area contributed by atoms with Crippen molar-refractivity contribution in [3.63, 3.8) is 0 Å². The Kier molecular flexibility index (Phi) is 10.2. The van der Waals surface area contributed by atoms with Gasteiger partial charge in [-0.1, -0.05) is 13.3 Å². The van der Waals surface area contributed by atoms with E-state index >= 15 is 0 Å². The average molecular weight is 458 g/mol. The van der Waals surface area contributed by atoms with E-state index in [1.54, 1.807) is 36.4 Å². The van der Waals surface area contributed by atoms with Gasteiger partial charge in [0.1, 0.15) is 11.5 Å². The Morgan fingerprint density at radius 1 is 0.879 bits per heavy atom. The summed E-state index contributed by atoms with van der Waals surface area (Å²) in [5.41, 5.74) is 7.03. The van der Waals surface area contributed by atoms with Gasteiger partial charge in [0, 0.05) is 12.5 Å². The largest absolute Gasteiger partial charge is 0.491 e. The normalized spacial score (nSPS) is 10.3. The van der Waals surface area contributed by atoms with Crippen molar-refractivity contribution in [1.82, 2.24) is 0 Å². The fourth-order valence-corrected chi connectivity index (χ4v) is 2.85. The third-order valence-electron chi connectivity index (χ3n) is 4.57. The van der Waals surface area contributed by atoms with Gasteiger partial charge >= 0.3 is 5.97 Å². The van der Waals surface area contributed by atoms with Gasteiger partial charge in [-0.15, -0.1) is 0 Å². The highest BCUT2D eigenvalue weighted by atomic mass is 16.5. The molecule has 0 unspecified atom stereocenters. The first-order chi connectivity index (χ1) is 15.9. The van der Waals surface area contributed by atoms with E-state index in [1.807, 2.05) is 6.92 Å². The number of carbonyl (C=O) groups is 3. The zero-order chi connectivity index (χ0) is 24.2. The minimum absolute atomic E-state index is 0.254. The maximum atomic E-state index is 13.0. The number of hydrogen-bond donors (Lipinski definition) is 3. The predicted molar refractivity (Wildman–Crippen MR) is 126 cm³/mol. The van der Waals surface area contributed by atoms with Crippen LogP contribution in [0.25, 0.3) is 0 Å². The number of ether oxygens (including phenoxy) is 3. The number of nitrogens with two attached hydrogens (primary N) is 1. The van der Waals surface area contributed by atoms with E-state index < -0.39 is 11.9 Å². The maximum absolute atomic E-state index is 13.0. The van der Waals surface area contributed by atoms with Crippen molar-refractivity contribution in [2.75, 3.05) is 37.5 Å². The number of unbranched alkanes of at least 4 members (excludes halogenated alkanes) is 1. The van der Waals surface area contributed by atoms with Crippen LogP contribution in [-0.2, 0) is 9.53 Å². The van der Waals surface area contributed by atoms with E-state index in [9.17, 15) is 14.4 Å². The smallest absolute Gasteiger partial charge is 0.337 e. The van der Waals surface area contributed by atoms with Crippen LogP contribution in [0.3, 0.4) is 0 Å². The molecule has 0 bridgehead atoms. The second kappa shape index (κ2) is 13.1. The van der Waals surface area contributed by atoms with E-state index in [0.717, 1.165) is 12.8 Å². The molecule has 0 aromatic heterocycles. The van der Waals surface area contributed by atoms with Crippen molar-refractivity contribution in [2.24, 2.45) is 5.73 Å². The summed E-state index contributed by atoms with van der Waals surface area (Å²) in [6.07, 6.45) is 2.39. The summed E-state index contributed by atoms with van der Waals surface area (Å²) >= 11 is 0. The zero-order valence-corrected chi connectivity index (χ0v) is 19.2. The Labute approximate surface area is 193 Å². The van der Waals surface area contributed by atoms with Gasteiger partial charge < -0.3 is 30.6 Å². The SMILES string of the molecule is CCCCOc1cc(C(=O)OC)ccc1NC(=O)c1ccc(NC(C)=O)c(OCCCN)c1. The molecule has 4 N–H and O–H groups in total. The molecule has 0 atom stereocenters. The Morgan fingerprint density at radius 3 is 2.03 bits per heavy atom. The molecule has 0 fully saturated rings.